The Labute approximate surface area is 225 Å². The molecule has 3 N–H and O–H groups in total. The smallest absolute Gasteiger partial charge is 0.231 e. The molecule has 0 radical (unpaired) electrons. The lowest BCUT2D eigenvalue weighted by Crippen LogP contribution is -2.44. The van der Waals surface area contributed by atoms with E-state index >= 15 is 0 Å². The SMILES string of the molecule is CN1CCN(c2ccc(Nc3nc(NN4CCOCC4)c4c(C(=O)c5ccc(F)cc5)c[nH]c4n3)cc2)CC1. The van der Waals surface area contributed by atoms with E-state index in [-0.39, 0.29) is 5.78 Å². The average Bonchev–Trinajstić information content (AvgIpc) is 3.39. The lowest BCUT2D eigenvalue weighted by atomic mass is 10.0. The summed E-state index contributed by atoms with van der Waals surface area (Å²) in [5, 5.41) is 5.90. The molecule has 4 aromatic rings. The lowest BCUT2D eigenvalue weighted by molar-refractivity contribution is 0.0495. The quantitative estimate of drug-likeness (QED) is 0.310. The highest BCUT2D eigenvalue weighted by atomic mass is 19.1. The van der Waals surface area contributed by atoms with Crippen LogP contribution in [0.1, 0.15) is 15.9 Å². The van der Waals surface area contributed by atoms with Crippen LogP contribution in [-0.4, -0.2) is 90.2 Å². The van der Waals surface area contributed by atoms with Crippen LogP contribution in [-0.2, 0) is 4.74 Å². The second kappa shape index (κ2) is 11.0. The van der Waals surface area contributed by atoms with E-state index in [1.165, 1.54) is 30.0 Å². The molecule has 202 valence electrons. The minimum absolute atomic E-state index is 0.241. The number of morpholine rings is 1. The molecule has 2 saturated heterocycles. The van der Waals surface area contributed by atoms with Gasteiger partial charge in [0.15, 0.2) is 11.6 Å². The van der Waals surface area contributed by atoms with Gasteiger partial charge in [0.2, 0.25) is 5.95 Å². The van der Waals surface area contributed by atoms with Crippen LogP contribution in [0.15, 0.2) is 54.7 Å². The van der Waals surface area contributed by atoms with E-state index in [1.54, 1.807) is 6.20 Å². The van der Waals surface area contributed by atoms with Gasteiger partial charge in [-0.25, -0.2) is 9.40 Å². The molecule has 4 heterocycles. The number of piperazine rings is 1. The third kappa shape index (κ3) is 5.56. The number of rotatable bonds is 7. The van der Waals surface area contributed by atoms with Crippen molar-refractivity contribution in [3.63, 3.8) is 0 Å². The zero-order valence-electron chi connectivity index (χ0n) is 21.8. The van der Waals surface area contributed by atoms with E-state index in [1.807, 2.05) is 17.1 Å². The topological polar surface area (TPSA) is 102 Å². The summed E-state index contributed by atoms with van der Waals surface area (Å²) < 4.78 is 18.9. The van der Waals surface area contributed by atoms with E-state index in [2.05, 4.69) is 49.7 Å². The molecule has 39 heavy (non-hydrogen) atoms. The van der Waals surface area contributed by atoms with Crippen molar-refractivity contribution in [2.24, 2.45) is 0 Å². The van der Waals surface area contributed by atoms with Gasteiger partial charge >= 0.3 is 0 Å². The molecular formula is C28H31FN8O2. The van der Waals surface area contributed by atoms with Gasteiger partial charge < -0.3 is 30.3 Å². The summed E-state index contributed by atoms with van der Waals surface area (Å²) in [6.07, 6.45) is 1.63. The van der Waals surface area contributed by atoms with E-state index in [0.29, 0.717) is 60.2 Å². The van der Waals surface area contributed by atoms with E-state index in [9.17, 15) is 9.18 Å². The van der Waals surface area contributed by atoms with E-state index < -0.39 is 5.82 Å². The summed E-state index contributed by atoms with van der Waals surface area (Å²) in [5.74, 6) is 0.268. The molecule has 0 unspecified atom stereocenters. The molecule has 2 aromatic heterocycles. The van der Waals surface area contributed by atoms with Gasteiger partial charge in [0.05, 0.1) is 24.2 Å². The molecule has 0 spiro atoms. The summed E-state index contributed by atoms with van der Waals surface area (Å²) in [4.78, 5) is 30.6. The number of aromatic nitrogens is 3. The minimum Gasteiger partial charge on any atom is -0.379 e. The first-order valence-electron chi connectivity index (χ1n) is 13.1. The number of benzene rings is 2. The maximum atomic E-state index is 13.5. The van der Waals surface area contributed by atoms with Crippen LogP contribution < -0.4 is 15.6 Å². The Morgan fingerprint density at radius 1 is 0.949 bits per heavy atom. The fraction of sp³-hybridized carbons (Fsp3) is 0.321. The first-order chi connectivity index (χ1) is 19.0. The number of nitrogens with one attached hydrogen (secondary N) is 3. The molecule has 0 bridgehead atoms. The molecule has 11 heteroatoms. The third-order valence-corrected chi connectivity index (χ3v) is 7.15. The predicted molar refractivity (Wildman–Crippen MR) is 149 cm³/mol. The maximum absolute atomic E-state index is 13.5. The van der Waals surface area contributed by atoms with Gasteiger partial charge in [-0.15, -0.1) is 0 Å². The monoisotopic (exact) mass is 530 g/mol. The second-order valence-corrected chi connectivity index (χ2v) is 9.83. The van der Waals surface area contributed by atoms with Crippen molar-refractivity contribution in [3.05, 3.63) is 71.7 Å². The molecule has 2 aliphatic rings. The number of nitrogens with zero attached hydrogens (tertiary/aromatic N) is 5. The van der Waals surface area contributed by atoms with Crippen molar-refractivity contribution in [2.75, 3.05) is 75.2 Å². The largest absolute Gasteiger partial charge is 0.379 e. The molecular weight excluding hydrogens is 499 g/mol. The van der Waals surface area contributed by atoms with Crippen molar-refractivity contribution in [1.82, 2.24) is 24.9 Å². The number of aromatic amines is 1. The van der Waals surface area contributed by atoms with Gasteiger partial charge in [0.1, 0.15) is 11.5 Å². The molecule has 0 amide bonds. The van der Waals surface area contributed by atoms with Crippen LogP contribution in [0.4, 0.5) is 27.5 Å². The highest BCUT2D eigenvalue weighted by Crippen LogP contribution is 2.29. The number of hydrogen-bond donors (Lipinski definition) is 3. The molecule has 10 nitrogen and oxygen atoms in total. The van der Waals surface area contributed by atoms with Gasteiger partial charge in [0, 0.05) is 62.4 Å². The van der Waals surface area contributed by atoms with Gasteiger partial charge in [-0.2, -0.15) is 9.97 Å². The van der Waals surface area contributed by atoms with Gasteiger partial charge in [0.25, 0.3) is 0 Å². The molecule has 0 saturated carbocycles. The molecule has 2 aromatic carbocycles. The van der Waals surface area contributed by atoms with Crippen LogP contribution >= 0.6 is 0 Å². The number of ether oxygens (including phenoxy) is 1. The lowest BCUT2D eigenvalue weighted by Gasteiger charge is -2.34. The maximum Gasteiger partial charge on any atom is 0.231 e. The summed E-state index contributed by atoms with van der Waals surface area (Å²) in [6, 6.07) is 13.8. The molecule has 2 fully saturated rings. The Morgan fingerprint density at radius 2 is 1.67 bits per heavy atom. The Bertz CT molecular complexity index is 1440. The fourth-order valence-corrected chi connectivity index (χ4v) is 4.88. The van der Waals surface area contributed by atoms with Crippen LogP contribution in [0.5, 0.6) is 0 Å². The van der Waals surface area contributed by atoms with Crippen molar-refractivity contribution >= 4 is 40.0 Å². The van der Waals surface area contributed by atoms with Gasteiger partial charge in [-0.3, -0.25) is 4.79 Å². The average molecular weight is 531 g/mol. The Morgan fingerprint density at radius 3 is 2.38 bits per heavy atom. The standard InChI is InChI=1S/C28H31FN8O2/c1-35-10-12-36(13-11-35)22-8-6-21(7-9-22)31-28-32-26-24(27(33-28)34-37-14-16-39-17-15-37)23(18-30-26)25(38)19-2-4-20(29)5-3-19/h2-9,18H,10-17H2,1H3,(H3,30,31,32,33,34). The highest BCUT2D eigenvalue weighted by molar-refractivity contribution is 6.18. The molecule has 0 atom stereocenters. The first kappa shape index (κ1) is 25.2. The Balaban J connectivity index is 1.29. The summed E-state index contributed by atoms with van der Waals surface area (Å²) in [6.45, 7) is 6.66. The number of ketones is 1. The number of carbonyl (C=O) groups is 1. The summed E-state index contributed by atoms with van der Waals surface area (Å²) >= 11 is 0. The van der Waals surface area contributed by atoms with Crippen LogP contribution in [0.25, 0.3) is 11.0 Å². The Kier molecular flexibility index (Phi) is 7.10. The number of hydrogen-bond acceptors (Lipinski definition) is 9. The van der Waals surface area contributed by atoms with Gasteiger partial charge in [-0.1, -0.05) is 0 Å². The number of carbonyl (C=O) groups excluding carboxylic acids is 1. The molecule has 0 aliphatic carbocycles. The zero-order chi connectivity index (χ0) is 26.8. The zero-order valence-corrected chi connectivity index (χ0v) is 21.8. The number of fused-ring (bicyclic) bond motifs is 1. The fourth-order valence-electron chi connectivity index (χ4n) is 4.88. The van der Waals surface area contributed by atoms with E-state index in [4.69, 9.17) is 9.72 Å². The normalized spacial score (nSPS) is 16.9. The third-order valence-electron chi connectivity index (χ3n) is 7.15. The number of hydrazine groups is 1. The van der Waals surface area contributed by atoms with Crippen molar-refractivity contribution in [2.45, 2.75) is 0 Å². The van der Waals surface area contributed by atoms with Crippen molar-refractivity contribution < 1.29 is 13.9 Å². The number of halogens is 1. The number of likely N-dealkylation sites (N-methyl/N-ethyl adjacent to an activating group) is 1. The number of anilines is 4. The van der Waals surface area contributed by atoms with Crippen molar-refractivity contribution in [1.29, 1.82) is 0 Å². The summed E-state index contributed by atoms with van der Waals surface area (Å²) in [5.41, 5.74) is 6.73. The predicted octanol–water partition coefficient (Wildman–Crippen LogP) is 3.48. The van der Waals surface area contributed by atoms with E-state index in [0.717, 1.165) is 31.9 Å². The Hall–Kier alpha value is -4.06. The van der Waals surface area contributed by atoms with Crippen LogP contribution in [0.2, 0.25) is 0 Å². The summed E-state index contributed by atoms with van der Waals surface area (Å²) in [7, 11) is 2.15. The van der Waals surface area contributed by atoms with Crippen molar-refractivity contribution in [3.8, 4) is 0 Å². The molecule has 6 rings (SSSR count). The first-order valence-corrected chi connectivity index (χ1v) is 13.1. The highest BCUT2D eigenvalue weighted by Gasteiger charge is 2.22. The molecule has 2 aliphatic heterocycles. The van der Waals surface area contributed by atoms with Crippen LogP contribution in [0, 0.1) is 5.82 Å². The second-order valence-electron chi connectivity index (χ2n) is 9.83. The minimum atomic E-state index is -0.393. The van der Waals surface area contributed by atoms with Crippen LogP contribution in [0.3, 0.4) is 0 Å². The number of H-pyrrole nitrogens is 1. The van der Waals surface area contributed by atoms with Gasteiger partial charge in [-0.05, 0) is 55.6 Å².